The van der Waals surface area contributed by atoms with E-state index >= 15 is 0 Å². The molecular formula is C20H27N5O2S. The molecule has 0 unspecified atom stereocenters. The molecule has 1 aliphatic heterocycles. The number of β-amino-alcohol motifs (C(OH)–C–C–N with tert-alkyl or cyclic N) is 1. The van der Waals surface area contributed by atoms with Crippen LogP contribution in [0.4, 0.5) is 0 Å². The van der Waals surface area contributed by atoms with Crippen LogP contribution in [0.1, 0.15) is 33.1 Å². The quantitative estimate of drug-likeness (QED) is 0.666. The van der Waals surface area contributed by atoms with Crippen LogP contribution >= 0.6 is 12.2 Å². The van der Waals surface area contributed by atoms with Crippen LogP contribution in [0.5, 0.6) is 0 Å². The number of fused-ring (bicyclic) bond motifs is 3. The van der Waals surface area contributed by atoms with Crippen molar-refractivity contribution in [2.24, 2.45) is 5.92 Å². The molecule has 0 amide bonds. The number of nitrogens with zero attached hydrogens (tertiary/aromatic N) is 5. The summed E-state index contributed by atoms with van der Waals surface area (Å²) in [6, 6.07) is 7.57. The third-order valence-electron chi connectivity index (χ3n) is 5.43. The first-order valence-electron chi connectivity index (χ1n) is 9.97. The fourth-order valence-electron chi connectivity index (χ4n) is 3.90. The number of benzene rings is 1. The summed E-state index contributed by atoms with van der Waals surface area (Å²) < 4.78 is 6.01. The second-order valence-corrected chi connectivity index (χ2v) is 8.45. The molecule has 4 rings (SSSR count). The third kappa shape index (κ3) is 3.52. The maximum atomic E-state index is 13.1. The van der Waals surface area contributed by atoms with Crippen molar-refractivity contribution in [2.75, 3.05) is 13.1 Å². The van der Waals surface area contributed by atoms with Crippen LogP contribution in [0, 0.1) is 10.7 Å². The standard InChI is InChI=1S/C20H27N5O2S/c1-14(2)9-11-23-18(27)16-7-3-4-8-17(16)25-19(23)21-24(20(25)28)13-22-10-5-6-15(26)12-22/h3-4,7-8,14-15,26H,5-6,9-13H2,1-2H3/t15-/m1/s1. The van der Waals surface area contributed by atoms with Gasteiger partial charge in [-0.3, -0.25) is 18.7 Å². The molecule has 1 saturated heterocycles. The summed E-state index contributed by atoms with van der Waals surface area (Å²) >= 11 is 5.75. The zero-order chi connectivity index (χ0) is 19.8. The van der Waals surface area contributed by atoms with Gasteiger partial charge in [-0.2, -0.15) is 0 Å². The molecule has 1 aliphatic rings. The highest BCUT2D eigenvalue weighted by atomic mass is 32.1. The van der Waals surface area contributed by atoms with Crippen molar-refractivity contribution >= 4 is 28.9 Å². The molecule has 0 saturated carbocycles. The number of piperidine rings is 1. The predicted octanol–water partition coefficient (Wildman–Crippen LogP) is 2.64. The molecule has 0 radical (unpaired) electrons. The van der Waals surface area contributed by atoms with Gasteiger partial charge in [-0.25, -0.2) is 4.68 Å². The molecule has 1 N–H and O–H groups in total. The SMILES string of the molecule is CC(C)CCn1c(=O)c2ccccc2n2c(=S)n(CN3CCC[C@@H](O)C3)nc12. The number of aromatic nitrogens is 4. The average Bonchev–Trinajstić information content (AvgIpc) is 2.98. The first-order chi connectivity index (χ1) is 13.5. The molecule has 28 heavy (non-hydrogen) atoms. The smallest absolute Gasteiger partial charge is 0.262 e. The van der Waals surface area contributed by atoms with Crippen molar-refractivity contribution in [1.82, 2.24) is 23.6 Å². The Kier molecular flexibility index (Phi) is 5.35. The summed E-state index contributed by atoms with van der Waals surface area (Å²) in [5.41, 5.74) is 0.766. The molecule has 1 fully saturated rings. The lowest BCUT2D eigenvalue weighted by molar-refractivity contribution is 0.0514. The summed E-state index contributed by atoms with van der Waals surface area (Å²) in [4.78, 5) is 15.3. The summed E-state index contributed by atoms with van der Waals surface area (Å²) in [7, 11) is 0. The van der Waals surface area contributed by atoms with Gasteiger partial charge in [0, 0.05) is 19.6 Å². The van der Waals surface area contributed by atoms with Gasteiger partial charge in [-0.1, -0.05) is 26.0 Å². The highest BCUT2D eigenvalue weighted by molar-refractivity contribution is 7.71. The Hall–Kier alpha value is -2.03. The lowest BCUT2D eigenvalue weighted by Gasteiger charge is -2.29. The Morgan fingerprint density at radius 1 is 1.32 bits per heavy atom. The van der Waals surface area contributed by atoms with Gasteiger partial charge in [0.1, 0.15) is 0 Å². The van der Waals surface area contributed by atoms with E-state index in [9.17, 15) is 9.90 Å². The zero-order valence-electron chi connectivity index (χ0n) is 16.4. The number of hydrogen-bond donors (Lipinski definition) is 1. The van der Waals surface area contributed by atoms with Gasteiger partial charge in [0.05, 0.1) is 23.7 Å². The predicted molar refractivity (Wildman–Crippen MR) is 112 cm³/mol. The minimum absolute atomic E-state index is 0.0238. The maximum Gasteiger partial charge on any atom is 0.262 e. The van der Waals surface area contributed by atoms with Crippen LogP contribution in [-0.4, -0.2) is 47.9 Å². The van der Waals surface area contributed by atoms with E-state index in [4.69, 9.17) is 17.3 Å². The second kappa shape index (κ2) is 7.77. The van der Waals surface area contributed by atoms with Gasteiger partial charge >= 0.3 is 0 Å². The fraction of sp³-hybridized carbons (Fsp3) is 0.550. The van der Waals surface area contributed by atoms with E-state index in [0.717, 1.165) is 31.3 Å². The normalized spacial score (nSPS) is 18.5. The monoisotopic (exact) mass is 401 g/mol. The number of hydrogen-bond acceptors (Lipinski definition) is 5. The number of para-hydroxylation sites is 1. The van der Waals surface area contributed by atoms with Crippen LogP contribution in [-0.2, 0) is 13.2 Å². The molecule has 8 heteroatoms. The molecule has 0 aliphatic carbocycles. The van der Waals surface area contributed by atoms with Gasteiger partial charge in [-0.15, -0.1) is 5.10 Å². The largest absolute Gasteiger partial charge is 0.392 e. The number of aryl methyl sites for hydroxylation is 1. The maximum absolute atomic E-state index is 13.1. The molecule has 1 aromatic carbocycles. The van der Waals surface area contributed by atoms with Gasteiger partial charge < -0.3 is 5.11 Å². The first-order valence-corrected chi connectivity index (χ1v) is 10.4. The van der Waals surface area contributed by atoms with Crippen molar-refractivity contribution in [2.45, 2.75) is 52.4 Å². The summed E-state index contributed by atoms with van der Waals surface area (Å²) in [6.45, 7) is 6.96. The molecule has 0 bridgehead atoms. The minimum Gasteiger partial charge on any atom is -0.392 e. The summed E-state index contributed by atoms with van der Waals surface area (Å²) in [5.74, 6) is 1.07. The van der Waals surface area contributed by atoms with Gasteiger partial charge in [0.2, 0.25) is 10.5 Å². The zero-order valence-corrected chi connectivity index (χ0v) is 17.2. The third-order valence-corrected chi connectivity index (χ3v) is 5.82. The van der Waals surface area contributed by atoms with Crippen LogP contribution in [0.2, 0.25) is 0 Å². The second-order valence-electron chi connectivity index (χ2n) is 8.09. The van der Waals surface area contributed by atoms with Crippen LogP contribution in [0.15, 0.2) is 29.1 Å². The molecule has 7 nitrogen and oxygen atoms in total. The van der Waals surface area contributed by atoms with Gasteiger partial charge in [0.25, 0.3) is 5.56 Å². The van der Waals surface area contributed by atoms with Crippen molar-refractivity contribution in [3.8, 4) is 0 Å². The van der Waals surface area contributed by atoms with Crippen LogP contribution in [0.25, 0.3) is 16.7 Å². The van der Waals surface area contributed by atoms with Crippen molar-refractivity contribution < 1.29 is 5.11 Å². The topological polar surface area (TPSA) is 67.7 Å². The fourth-order valence-corrected chi connectivity index (χ4v) is 4.18. The van der Waals surface area contributed by atoms with Gasteiger partial charge in [-0.05, 0) is 49.5 Å². The molecule has 3 heterocycles. The van der Waals surface area contributed by atoms with Crippen LogP contribution in [0.3, 0.4) is 0 Å². The Labute approximate surface area is 168 Å². The highest BCUT2D eigenvalue weighted by Crippen LogP contribution is 2.17. The Balaban J connectivity index is 1.86. The molecule has 2 aromatic heterocycles. The van der Waals surface area contributed by atoms with E-state index in [1.807, 2.05) is 28.7 Å². The molecule has 3 aromatic rings. The highest BCUT2D eigenvalue weighted by Gasteiger charge is 2.20. The number of aliphatic hydroxyl groups is 1. The molecule has 0 spiro atoms. The first kappa shape index (κ1) is 19.3. The van der Waals surface area contributed by atoms with E-state index in [0.29, 0.717) is 41.6 Å². The molecule has 1 atom stereocenters. The minimum atomic E-state index is -0.301. The number of aliphatic hydroxyl groups excluding tert-OH is 1. The Morgan fingerprint density at radius 2 is 2.11 bits per heavy atom. The summed E-state index contributed by atoms with van der Waals surface area (Å²) in [5, 5.41) is 15.4. The number of rotatable bonds is 5. The van der Waals surface area contributed by atoms with Crippen molar-refractivity contribution in [1.29, 1.82) is 0 Å². The lowest BCUT2D eigenvalue weighted by atomic mass is 10.1. The van der Waals surface area contributed by atoms with Crippen molar-refractivity contribution in [3.63, 3.8) is 0 Å². The Bertz CT molecular complexity index is 1110. The Morgan fingerprint density at radius 3 is 2.86 bits per heavy atom. The van der Waals surface area contributed by atoms with E-state index in [2.05, 4.69) is 18.7 Å². The van der Waals surface area contributed by atoms with Gasteiger partial charge in [0.15, 0.2) is 0 Å². The average molecular weight is 402 g/mol. The van der Waals surface area contributed by atoms with Crippen LogP contribution < -0.4 is 5.56 Å². The van der Waals surface area contributed by atoms with E-state index in [1.165, 1.54) is 0 Å². The molecular weight excluding hydrogens is 374 g/mol. The van der Waals surface area contributed by atoms with Crippen molar-refractivity contribution in [3.05, 3.63) is 39.4 Å². The summed E-state index contributed by atoms with van der Waals surface area (Å²) in [6.07, 6.45) is 2.40. The lowest BCUT2D eigenvalue weighted by Crippen LogP contribution is -2.39. The molecule has 150 valence electrons. The van der Waals surface area contributed by atoms with E-state index < -0.39 is 0 Å². The number of likely N-dealkylation sites (tertiary alicyclic amines) is 1. The van der Waals surface area contributed by atoms with E-state index in [-0.39, 0.29) is 11.7 Å². The van der Waals surface area contributed by atoms with E-state index in [1.54, 1.807) is 9.25 Å².